The topological polar surface area (TPSA) is 38.8 Å². The minimum Gasteiger partial charge on any atom is -0.339 e. The first-order valence-corrected chi connectivity index (χ1v) is 7.28. The van der Waals surface area contributed by atoms with E-state index in [0.29, 0.717) is 12.5 Å². The molecule has 0 spiro atoms. The third-order valence-electron chi connectivity index (χ3n) is 4.30. The summed E-state index contributed by atoms with van der Waals surface area (Å²) in [6.07, 6.45) is 2.78. The van der Waals surface area contributed by atoms with E-state index in [1.165, 1.54) is 12.8 Å². The fourth-order valence-corrected chi connectivity index (χ4v) is 2.93. The van der Waals surface area contributed by atoms with Crippen molar-refractivity contribution in [1.82, 2.24) is 20.0 Å². The van der Waals surface area contributed by atoms with Crippen LogP contribution in [0.2, 0.25) is 0 Å². The van der Waals surface area contributed by atoms with Crippen molar-refractivity contribution in [3.05, 3.63) is 0 Å². The van der Waals surface area contributed by atoms with Gasteiger partial charge in [-0.15, -0.1) is 0 Å². The highest BCUT2D eigenvalue weighted by molar-refractivity contribution is 5.78. The van der Waals surface area contributed by atoms with Crippen LogP contribution in [-0.4, -0.2) is 85.6 Å². The lowest BCUT2D eigenvalue weighted by atomic mass is 10.3. The minimum absolute atomic E-state index is 0.316. The number of nitrogens with one attached hydrogen (secondary N) is 1. The van der Waals surface area contributed by atoms with Crippen molar-refractivity contribution in [1.29, 1.82) is 0 Å². The number of rotatable bonds is 3. The second-order valence-corrected chi connectivity index (χ2v) is 5.67. The van der Waals surface area contributed by atoms with Crippen molar-refractivity contribution in [2.75, 3.05) is 58.9 Å². The predicted molar refractivity (Wildman–Crippen MR) is 70.5 cm³/mol. The minimum atomic E-state index is 0.316. The third kappa shape index (κ3) is 3.02. The van der Waals surface area contributed by atoms with Gasteiger partial charge in [0.2, 0.25) is 5.91 Å². The first kappa shape index (κ1) is 12.4. The van der Waals surface area contributed by atoms with Gasteiger partial charge in [-0.3, -0.25) is 14.6 Å². The number of amides is 1. The number of carbonyl (C=O) groups excluding carboxylic acids is 1. The summed E-state index contributed by atoms with van der Waals surface area (Å²) in [4.78, 5) is 19.1. The van der Waals surface area contributed by atoms with Crippen LogP contribution in [0.25, 0.3) is 0 Å². The maximum Gasteiger partial charge on any atom is 0.236 e. The predicted octanol–water partition coefficient (Wildman–Crippen LogP) is -0.802. The molecule has 0 atom stereocenters. The van der Waals surface area contributed by atoms with Gasteiger partial charge >= 0.3 is 0 Å². The van der Waals surface area contributed by atoms with Crippen LogP contribution < -0.4 is 5.32 Å². The zero-order valence-electron chi connectivity index (χ0n) is 11.1. The Balaban J connectivity index is 1.41. The molecule has 5 heteroatoms. The maximum atomic E-state index is 12.1. The van der Waals surface area contributed by atoms with Crippen LogP contribution in [0.1, 0.15) is 12.8 Å². The fraction of sp³-hybridized carbons (Fsp3) is 0.923. The highest BCUT2D eigenvalue weighted by atomic mass is 16.2. The SMILES string of the molecule is O=C(CN1CCN(C2CC2)CC1)N1CCNCC1. The van der Waals surface area contributed by atoms with Crippen molar-refractivity contribution < 1.29 is 4.79 Å². The van der Waals surface area contributed by atoms with Crippen molar-refractivity contribution in [2.45, 2.75) is 18.9 Å². The summed E-state index contributed by atoms with van der Waals surface area (Å²) in [6.45, 7) is 8.70. The largest absolute Gasteiger partial charge is 0.339 e. The van der Waals surface area contributed by atoms with Crippen LogP contribution in [0.5, 0.6) is 0 Å². The highest BCUT2D eigenvalue weighted by Crippen LogP contribution is 2.27. The normalized spacial score (nSPS) is 27.4. The van der Waals surface area contributed by atoms with E-state index in [2.05, 4.69) is 15.1 Å². The molecule has 2 saturated heterocycles. The van der Waals surface area contributed by atoms with E-state index in [1.54, 1.807) is 0 Å². The summed E-state index contributed by atoms with van der Waals surface area (Å²) in [5.41, 5.74) is 0. The Kier molecular flexibility index (Phi) is 3.82. The smallest absolute Gasteiger partial charge is 0.236 e. The van der Waals surface area contributed by atoms with Crippen LogP contribution in [0.4, 0.5) is 0 Å². The number of hydrogen-bond donors (Lipinski definition) is 1. The van der Waals surface area contributed by atoms with Gasteiger partial charge in [0.1, 0.15) is 0 Å². The molecule has 1 amide bonds. The van der Waals surface area contributed by atoms with E-state index in [4.69, 9.17) is 0 Å². The molecule has 3 fully saturated rings. The molecule has 0 unspecified atom stereocenters. The number of carbonyl (C=O) groups is 1. The maximum absolute atomic E-state index is 12.1. The molecule has 0 aromatic heterocycles. The van der Waals surface area contributed by atoms with Crippen LogP contribution in [0.15, 0.2) is 0 Å². The Morgan fingerprint density at radius 2 is 1.67 bits per heavy atom. The molecule has 18 heavy (non-hydrogen) atoms. The molecule has 0 radical (unpaired) electrons. The van der Waals surface area contributed by atoms with E-state index >= 15 is 0 Å². The first-order chi connectivity index (χ1) is 8.83. The molecule has 0 aromatic carbocycles. The second-order valence-electron chi connectivity index (χ2n) is 5.67. The highest BCUT2D eigenvalue weighted by Gasteiger charge is 2.31. The van der Waals surface area contributed by atoms with E-state index in [0.717, 1.165) is 58.4 Å². The molecular formula is C13H24N4O. The lowest BCUT2D eigenvalue weighted by molar-refractivity contribution is -0.133. The van der Waals surface area contributed by atoms with Gasteiger partial charge < -0.3 is 10.2 Å². The van der Waals surface area contributed by atoms with Crippen molar-refractivity contribution in [2.24, 2.45) is 0 Å². The van der Waals surface area contributed by atoms with Gasteiger partial charge in [-0.1, -0.05) is 0 Å². The number of hydrogen-bond acceptors (Lipinski definition) is 4. The summed E-state index contributed by atoms with van der Waals surface area (Å²) < 4.78 is 0. The molecular weight excluding hydrogens is 228 g/mol. The van der Waals surface area contributed by atoms with Crippen molar-refractivity contribution >= 4 is 5.91 Å². The molecule has 1 saturated carbocycles. The molecule has 3 aliphatic rings. The van der Waals surface area contributed by atoms with Gasteiger partial charge in [0, 0.05) is 58.4 Å². The van der Waals surface area contributed by atoms with Gasteiger partial charge in [0.25, 0.3) is 0 Å². The van der Waals surface area contributed by atoms with Crippen LogP contribution in [0.3, 0.4) is 0 Å². The van der Waals surface area contributed by atoms with Gasteiger partial charge in [-0.05, 0) is 12.8 Å². The zero-order chi connectivity index (χ0) is 12.4. The van der Waals surface area contributed by atoms with Gasteiger partial charge in [-0.25, -0.2) is 0 Å². The lowest BCUT2D eigenvalue weighted by Crippen LogP contribution is -2.53. The Morgan fingerprint density at radius 1 is 1.00 bits per heavy atom. The Hall–Kier alpha value is -0.650. The number of piperazine rings is 2. The van der Waals surface area contributed by atoms with Crippen LogP contribution in [-0.2, 0) is 4.79 Å². The average molecular weight is 252 g/mol. The van der Waals surface area contributed by atoms with Crippen LogP contribution in [0, 0.1) is 0 Å². The Labute approximate surface area is 109 Å². The molecule has 2 aliphatic heterocycles. The molecule has 1 N–H and O–H groups in total. The summed E-state index contributed by atoms with van der Waals surface area (Å²) in [5.74, 6) is 0.316. The summed E-state index contributed by atoms with van der Waals surface area (Å²) >= 11 is 0. The summed E-state index contributed by atoms with van der Waals surface area (Å²) in [5, 5.41) is 3.28. The van der Waals surface area contributed by atoms with Crippen molar-refractivity contribution in [3.63, 3.8) is 0 Å². The zero-order valence-corrected chi connectivity index (χ0v) is 11.1. The van der Waals surface area contributed by atoms with E-state index in [1.807, 2.05) is 4.90 Å². The van der Waals surface area contributed by atoms with E-state index in [9.17, 15) is 4.79 Å². The molecule has 1 aliphatic carbocycles. The number of nitrogens with zero attached hydrogens (tertiary/aromatic N) is 3. The third-order valence-corrected chi connectivity index (χ3v) is 4.30. The van der Waals surface area contributed by atoms with Crippen molar-refractivity contribution in [3.8, 4) is 0 Å². The van der Waals surface area contributed by atoms with Gasteiger partial charge in [0.15, 0.2) is 0 Å². The molecule has 0 aromatic rings. The molecule has 102 valence electrons. The van der Waals surface area contributed by atoms with Gasteiger partial charge in [-0.2, -0.15) is 0 Å². The molecule has 3 rings (SSSR count). The Bertz CT molecular complexity index is 291. The molecule has 0 bridgehead atoms. The monoisotopic (exact) mass is 252 g/mol. The quantitative estimate of drug-likeness (QED) is 0.714. The summed E-state index contributed by atoms with van der Waals surface area (Å²) in [7, 11) is 0. The van der Waals surface area contributed by atoms with E-state index in [-0.39, 0.29) is 0 Å². The van der Waals surface area contributed by atoms with E-state index < -0.39 is 0 Å². The van der Waals surface area contributed by atoms with Crippen LogP contribution >= 0.6 is 0 Å². The first-order valence-electron chi connectivity index (χ1n) is 7.28. The molecule has 2 heterocycles. The second kappa shape index (κ2) is 5.55. The standard InChI is InChI=1S/C13H24N4O/c18-13(17-5-3-14-4-6-17)11-15-7-9-16(10-8-15)12-1-2-12/h12,14H,1-11H2. The lowest BCUT2D eigenvalue weighted by Gasteiger charge is -2.36. The Morgan fingerprint density at radius 3 is 2.28 bits per heavy atom. The fourth-order valence-electron chi connectivity index (χ4n) is 2.93. The van der Waals surface area contributed by atoms with Gasteiger partial charge in [0.05, 0.1) is 6.54 Å². The average Bonchev–Trinajstić information content (AvgIpc) is 3.25. The molecule has 5 nitrogen and oxygen atoms in total. The summed E-state index contributed by atoms with van der Waals surface area (Å²) in [6, 6.07) is 0.871.